The van der Waals surface area contributed by atoms with Gasteiger partial charge in [0.25, 0.3) is 0 Å². The summed E-state index contributed by atoms with van der Waals surface area (Å²) in [5.41, 5.74) is 6.46. The van der Waals surface area contributed by atoms with Crippen LogP contribution in [0, 0.1) is 5.41 Å². The maximum absolute atomic E-state index is 5.90. The van der Waals surface area contributed by atoms with Crippen molar-refractivity contribution in [2.75, 3.05) is 13.1 Å². The SMILES string of the molecule is CC(C)N1CCC2(CC2N)C1. The molecular weight excluding hydrogens is 136 g/mol. The molecule has 0 bridgehead atoms. The van der Waals surface area contributed by atoms with Gasteiger partial charge in [-0.1, -0.05) is 0 Å². The second kappa shape index (κ2) is 2.20. The van der Waals surface area contributed by atoms with Crippen molar-refractivity contribution in [3.05, 3.63) is 0 Å². The van der Waals surface area contributed by atoms with Crippen LogP contribution in [0.1, 0.15) is 26.7 Å². The summed E-state index contributed by atoms with van der Waals surface area (Å²) in [5.74, 6) is 0. The zero-order valence-electron chi connectivity index (χ0n) is 7.51. The van der Waals surface area contributed by atoms with Crippen molar-refractivity contribution in [1.82, 2.24) is 4.90 Å². The molecule has 0 aromatic rings. The van der Waals surface area contributed by atoms with Crippen molar-refractivity contribution in [3.63, 3.8) is 0 Å². The molecular formula is C9H18N2. The van der Waals surface area contributed by atoms with Crippen molar-refractivity contribution >= 4 is 0 Å². The Hall–Kier alpha value is -0.0800. The van der Waals surface area contributed by atoms with E-state index in [9.17, 15) is 0 Å². The normalized spacial score (nSPS) is 44.2. The van der Waals surface area contributed by atoms with Crippen LogP contribution in [-0.4, -0.2) is 30.1 Å². The fourth-order valence-electron chi connectivity index (χ4n) is 2.22. The topological polar surface area (TPSA) is 29.3 Å². The minimum Gasteiger partial charge on any atom is -0.327 e. The summed E-state index contributed by atoms with van der Waals surface area (Å²) < 4.78 is 0. The van der Waals surface area contributed by atoms with Crippen LogP contribution in [0.5, 0.6) is 0 Å². The molecule has 1 aliphatic heterocycles. The highest BCUT2D eigenvalue weighted by Gasteiger charge is 2.55. The van der Waals surface area contributed by atoms with Gasteiger partial charge in [-0.05, 0) is 33.2 Å². The molecule has 2 atom stereocenters. The van der Waals surface area contributed by atoms with Gasteiger partial charge in [0.15, 0.2) is 0 Å². The molecule has 1 spiro atoms. The first kappa shape index (κ1) is 7.56. The highest BCUT2D eigenvalue weighted by molar-refractivity contribution is 5.11. The van der Waals surface area contributed by atoms with E-state index in [0.717, 1.165) is 0 Å². The predicted octanol–water partition coefficient (Wildman–Crippen LogP) is 0.818. The minimum absolute atomic E-state index is 0.520. The predicted molar refractivity (Wildman–Crippen MR) is 46.4 cm³/mol. The average molecular weight is 154 g/mol. The van der Waals surface area contributed by atoms with E-state index < -0.39 is 0 Å². The van der Waals surface area contributed by atoms with Gasteiger partial charge < -0.3 is 10.6 Å². The highest BCUT2D eigenvalue weighted by atomic mass is 15.2. The smallest absolute Gasteiger partial charge is 0.0115 e. The molecule has 2 unspecified atom stereocenters. The first-order valence-corrected chi connectivity index (χ1v) is 4.64. The first-order valence-electron chi connectivity index (χ1n) is 4.64. The summed E-state index contributed by atoms with van der Waals surface area (Å²) >= 11 is 0. The number of hydrogen-bond acceptors (Lipinski definition) is 2. The molecule has 2 fully saturated rings. The van der Waals surface area contributed by atoms with E-state index in [0.29, 0.717) is 17.5 Å². The molecule has 2 nitrogen and oxygen atoms in total. The second-order valence-corrected chi connectivity index (χ2v) is 4.49. The van der Waals surface area contributed by atoms with Crippen LogP contribution in [0.4, 0.5) is 0 Å². The number of likely N-dealkylation sites (tertiary alicyclic amines) is 1. The van der Waals surface area contributed by atoms with Crippen molar-refractivity contribution in [3.8, 4) is 0 Å². The number of nitrogens with two attached hydrogens (primary N) is 1. The summed E-state index contributed by atoms with van der Waals surface area (Å²) in [4.78, 5) is 2.55. The zero-order valence-corrected chi connectivity index (χ0v) is 7.51. The van der Waals surface area contributed by atoms with Gasteiger partial charge >= 0.3 is 0 Å². The lowest BCUT2D eigenvalue weighted by Gasteiger charge is -2.20. The summed E-state index contributed by atoms with van der Waals surface area (Å²) in [7, 11) is 0. The Labute approximate surface area is 68.7 Å². The summed E-state index contributed by atoms with van der Waals surface area (Å²) in [5, 5.41) is 0. The Morgan fingerprint density at radius 2 is 2.18 bits per heavy atom. The monoisotopic (exact) mass is 154 g/mol. The third-order valence-corrected chi connectivity index (χ3v) is 3.40. The standard InChI is InChI=1S/C9H18N2/c1-7(2)11-4-3-9(6-11)5-8(9)10/h7-8H,3-6,10H2,1-2H3. The quantitative estimate of drug-likeness (QED) is 0.606. The molecule has 11 heavy (non-hydrogen) atoms. The lowest BCUT2D eigenvalue weighted by atomic mass is 10.1. The van der Waals surface area contributed by atoms with E-state index >= 15 is 0 Å². The van der Waals surface area contributed by atoms with Gasteiger partial charge in [0.2, 0.25) is 0 Å². The number of nitrogens with zero attached hydrogens (tertiary/aromatic N) is 1. The average Bonchev–Trinajstić information content (AvgIpc) is 2.44. The second-order valence-electron chi connectivity index (χ2n) is 4.49. The van der Waals surface area contributed by atoms with Crippen LogP contribution >= 0.6 is 0 Å². The summed E-state index contributed by atoms with van der Waals surface area (Å²) in [6, 6.07) is 1.23. The number of rotatable bonds is 1. The molecule has 1 heterocycles. The van der Waals surface area contributed by atoms with Gasteiger partial charge in [-0.25, -0.2) is 0 Å². The van der Waals surface area contributed by atoms with Crippen molar-refractivity contribution in [2.45, 2.75) is 38.8 Å². The van der Waals surface area contributed by atoms with Crippen LogP contribution in [0.15, 0.2) is 0 Å². The fraction of sp³-hybridized carbons (Fsp3) is 1.00. The van der Waals surface area contributed by atoms with E-state index in [1.165, 1.54) is 25.9 Å². The molecule has 2 rings (SSSR count). The molecule has 0 aromatic carbocycles. The molecule has 0 amide bonds. The molecule has 2 aliphatic rings. The van der Waals surface area contributed by atoms with E-state index in [-0.39, 0.29) is 0 Å². The third-order valence-electron chi connectivity index (χ3n) is 3.40. The van der Waals surface area contributed by atoms with Gasteiger partial charge in [0.1, 0.15) is 0 Å². The van der Waals surface area contributed by atoms with Gasteiger partial charge in [-0.2, -0.15) is 0 Å². The Kier molecular flexibility index (Phi) is 1.52. The molecule has 0 radical (unpaired) electrons. The Bertz CT molecular complexity index is 167. The van der Waals surface area contributed by atoms with Gasteiger partial charge in [-0.3, -0.25) is 0 Å². The molecule has 1 saturated heterocycles. The Balaban J connectivity index is 1.95. The van der Waals surface area contributed by atoms with Crippen LogP contribution < -0.4 is 5.73 Å². The minimum atomic E-state index is 0.520. The zero-order chi connectivity index (χ0) is 8.06. The first-order chi connectivity index (χ1) is 5.14. The summed E-state index contributed by atoms with van der Waals surface area (Å²) in [6.07, 6.45) is 2.61. The maximum atomic E-state index is 5.90. The molecule has 64 valence electrons. The lowest BCUT2D eigenvalue weighted by Crippen LogP contribution is -2.29. The molecule has 1 saturated carbocycles. The molecule has 2 N–H and O–H groups in total. The van der Waals surface area contributed by atoms with Crippen LogP contribution in [-0.2, 0) is 0 Å². The largest absolute Gasteiger partial charge is 0.327 e. The van der Waals surface area contributed by atoms with Crippen molar-refractivity contribution < 1.29 is 0 Å². The van der Waals surface area contributed by atoms with Crippen LogP contribution in [0.25, 0.3) is 0 Å². The van der Waals surface area contributed by atoms with Crippen LogP contribution in [0.2, 0.25) is 0 Å². The van der Waals surface area contributed by atoms with E-state index in [1.54, 1.807) is 0 Å². The van der Waals surface area contributed by atoms with Crippen molar-refractivity contribution in [1.29, 1.82) is 0 Å². The van der Waals surface area contributed by atoms with Crippen LogP contribution in [0.3, 0.4) is 0 Å². The van der Waals surface area contributed by atoms with Gasteiger partial charge in [0, 0.05) is 24.0 Å². The highest BCUT2D eigenvalue weighted by Crippen LogP contribution is 2.51. The van der Waals surface area contributed by atoms with E-state index in [1.807, 2.05) is 0 Å². The van der Waals surface area contributed by atoms with Gasteiger partial charge in [0.05, 0.1) is 0 Å². The molecule has 2 heteroatoms. The van der Waals surface area contributed by atoms with E-state index in [4.69, 9.17) is 5.73 Å². The Morgan fingerprint density at radius 1 is 1.55 bits per heavy atom. The third kappa shape index (κ3) is 1.09. The molecule has 0 aromatic heterocycles. The molecule has 1 aliphatic carbocycles. The van der Waals surface area contributed by atoms with E-state index in [2.05, 4.69) is 18.7 Å². The summed E-state index contributed by atoms with van der Waals surface area (Å²) in [6.45, 7) is 7.07. The maximum Gasteiger partial charge on any atom is 0.0115 e. The van der Waals surface area contributed by atoms with Gasteiger partial charge in [-0.15, -0.1) is 0 Å². The Morgan fingerprint density at radius 3 is 2.45 bits per heavy atom. The fourth-order valence-corrected chi connectivity index (χ4v) is 2.22. The number of hydrogen-bond donors (Lipinski definition) is 1. The van der Waals surface area contributed by atoms with Crippen molar-refractivity contribution in [2.24, 2.45) is 11.1 Å². The lowest BCUT2D eigenvalue weighted by molar-refractivity contribution is 0.260.